The van der Waals surface area contributed by atoms with Gasteiger partial charge in [-0.3, -0.25) is 15.0 Å². The van der Waals surface area contributed by atoms with E-state index in [4.69, 9.17) is 16.6 Å². The maximum Gasteiger partial charge on any atom is 0.288 e. The van der Waals surface area contributed by atoms with E-state index in [0.29, 0.717) is 5.92 Å². The summed E-state index contributed by atoms with van der Waals surface area (Å²) >= 11 is 11.3. The topological polar surface area (TPSA) is 59.3 Å². The van der Waals surface area contributed by atoms with Gasteiger partial charge in [-0.25, -0.2) is 4.98 Å². The van der Waals surface area contributed by atoms with Crippen LogP contribution in [0.1, 0.15) is 28.6 Å². The Morgan fingerprint density at radius 3 is 2.79 bits per heavy atom. The molecular weight excluding hydrogens is 446 g/mol. The summed E-state index contributed by atoms with van der Waals surface area (Å²) in [6.07, 6.45) is 4.30. The average Bonchev–Trinajstić information content (AvgIpc) is 3.38. The van der Waals surface area contributed by atoms with Crippen LogP contribution in [-0.2, 0) is 6.54 Å². The summed E-state index contributed by atoms with van der Waals surface area (Å²) in [6.45, 7) is 3.16. The highest BCUT2D eigenvalue weighted by Crippen LogP contribution is 2.36. The third-order valence-corrected chi connectivity index (χ3v) is 8.59. The van der Waals surface area contributed by atoms with Gasteiger partial charge in [-0.15, -0.1) is 34.4 Å². The molecule has 0 unspecified atom stereocenters. The van der Waals surface area contributed by atoms with Crippen molar-refractivity contribution in [2.75, 3.05) is 19.3 Å². The number of nitro benzene ring substituents is 1. The zero-order chi connectivity index (χ0) is 20.4. The summed E-state index contributed by atoms with van der Waals surface area (Å²) in [5.41, 5.74) is 1.45. The minimum Gasteiger partial charge on any atom is -0.298 e. The SMILES string of the molecule is CSc1ccc(CN2CCC(c3nc(-c4ccc(Cl)c([N+](=O)[O-])c4)cs3)CC2)s1. The van der Waals surface area contributed by atoms with Crippen LogP contribution < -0.4 is 0 Å². The van der Waals surface area contributed by atoms with Crippen molar-refractivity contribution < 1.29 is 4.92 Å². The van der Waals surface area contributed by atoms with Gasteiger partial charge in [-0.2, -0.15) is 0 Å². The van der Waals surface area contributed by atoms with Gasteiger partial charge in [-0.1, -0.05) is 17.7 Å². The molecule has 1 aromatic carbocycles. The first-order chi connectivity index (χ1) is 14.0. The van der Waals surface area contributed by atoms with Gasteiger partial charge in [-0.05, 0) is 50.4 Å². The number of hydrogen-bond acceptors (Lipinski definition) is 7. The summed E-state index contributed by atoms with van der Waals surface area (Å²) < 4.78 is 1.37. The van der Waals surface area contributed by atoms with Crippen molar-refractivity contribution in [3.8, 4) is 11.3 Å². The fourth-order valence-corrected chi connectivity index (χ4v) is 6.35. The number of rotatable bonds is 6. The molecule has 0 atom stereocenters. The number of aromatic nitrogens is 1. The molecule has 1 aliphatic heterocycles. The van der Waals surface area contributed by atoms with Crippen molar-refractivity contribution >= 4 is 51.7 Å². The van der Waals surface area contributed by atoms with Gasteiger partial charge in [0.2, 0.25) is 0 Å². The predicted octanol–water partition coefficient (Wildman–Crippen LogP) is 6.53. The Morgan fingerprint density at radius 2 is 2.10 bits per heavy atom. The zero-order valence-electron chi connectivity index (χ0n) is 15.8. The highest BCUT2D eigenvalue weighted by molar-refractivity contribution is 8.00. The third-order valence-electron chi connectivity index (χ3n) is 5.11. The first-order valence-corrected chi connectivity index (χ1v) is 12.6. The number of thiophene rings is 1. The van der Waals surface area contributed by atoms with E-state index in [0.717, 1.165) is 48.7 Å². The van der Waals surface area contributed by atoms with Crippen LogP contribution in [-0.4, -0.2) is 34.2 Å². The average molecular weight is 466 g/mol. The molecule has 1 aliphatic rings. The summed E-state index contributed by atoms with van der Waals surface area (Å²) in [5.74, 6) is 0.456. The van der Waals surface area contributed by atoms with Crippen molar-refractivity contribution in [1.82, 2.24) is 9.88 Å². The number of piperidine rings is 1. The Morgan fingerprint density at radius 1 is 1.31 bits per heavy atom. The molecule has 0 bridgehead atoms. The molecule has 0 spiro atoms. The van der Waals surface area contributed by atoms with Crippen molar-refractivity contribution in [2.24, 2.45) is 0 Å². The molecule has 4 rings (SSSR count). The van der Waals surface area contributed by atoms with Crippen molar-refractivity contribution in [2.45, 2.75) is 29.5 Å². The van der Waals surface area contributed by atoms with Crippen LogP contribution in [0.2, 0.25) is 5.02 Å². The molecule has 152 valence electrons. The van der Waals surface area contributed by atoms with Crippen LogP contribution in [0.25, 0.3) is 11.3 Å². The van der Waals surface area contributed by atoms with Gasteiger partial charge < -0.3 is 0 Å². The third kappa shape index (κ3) is 4.83. The number of halogens is 1. The molecular formula is C20H20ClN3O2S3. The van der Waals surface area contributed by atoms with E-state index in [1.54, 1.807) is 35.2 Å². The van der Waals surface area contributed by atoms with Crippen molar-refractivity contribution in [1.29, 1.82) is 0 Å². The van der Waals surface area contributed by atoms with Crippen molar-refractivity contribution in [3.63, 3.8) is 0 Å². The molecule has 0 aliphatic carbocycles. The number of hydrogen-bond donors (Lipinski definition) is 0. The Balaban J connectivity index is 1.39. The van der Waals surface area contributed by atoms with Gasteiger partial charge in [0, 0.05) is 34.3 Å². The zero-order valence-corrected chi connectivity index (χ0v) is 19.0. The fraction of sp³-hybridized carbons (Fsp3) is 0.350. The Bertz CT molecular complexity index is 1010. The molecule has 3 aromatic rings. The normalized spacial score (nSPS) is 15.7. The number of benzene rings is 1. The Kier molecular flexibility index (Phi) is 6.56. The summed E-state index contributed by atoms with van der Waals surface area (Å²) in [5, 5.41) is 14.4. The summed E-state index contributed by atoms with van der Waals surface area (Å²) in [6, 6.07) is 9.31. The van der Waals surface area contributed by atoms with Crippen LogP contribution >= 0.6 is 46.0 Å². The minimum atomic E-state index is -0.454. The van der Waals surface area contributed by atoms with Gasteiger partial charge in [0.05, 0.1) is 19.8 Å². The van der Waals surface area contributed by atoms with Gasteiger partial charge in [0.25, 0.3) is 5.69 Å². The first kappa shape index (κ1) is 20.8. The highest BCUT2D eigenvalue weighted by Gasteiger charge is 2.24. The van der Waals surface area contributed by atoms with Crippen LogP contribution in [0.4, 0.5) is 5.69 Å². The van der Waals surface area contributed by atoms with E-state index in [1.165, 1.54) is 15.2 Å². The highest BCUT2D eigenvalue weighted by atomic mass is 35.5. The molecule has 0 amide bonds. The number of thiazole rings is 1. The van der Waals surface area contributed by atoms with Gasteiger partial charge in [0.15, 0.2) is 0 Å². The minimum absolute atomic E-state index is 0.0785. The van der Waals surface area contributed by atoms with E-state index in [-0.39, 0.29) is 10.7 Å². The van der Waals surface area contributed by atoms with Crippen LogP contribution in [0.3, 0.4) is 0 Å². The standard InChI is InChI=1S/C20H20ClN3O2S3/c1-27-19-5-3-15(29-19)11-23-8-6-13(7-9-23)20-22-17(12-28-20)14-2-4-16(21)18(10-14)24(25)26/h2-5,10,12-13H,6-9,11H2,1H3. The molecule has 0 saturated carbocycles. The maximum absolute atomic E-state index is 11.1. The van der Waals surface area contributed by atoms with E-state index in [9.17, 15) is 10.1 Å². The molecule has 2 aromatic heterocycles. The molecule has 29 heavy (non-hydrogen) atoms. The molecule has 1 fully saturated rings. The summed E-state index contributed by atoms with van der Waals surface area (Å²) in [7, 11) is 0. The van der Waals surface area contributed by atoms with E-state index in [1.807, 2.05) is 16.7 Å². The second-order valence-electron chi connectivity index (χ2n) is 6.97. The number of likely N-dealkylation sites (tertiary alicyclic amines) is 1. The quantitative estimate of drug-likeness (QED) is 0.235. The fourth-order valence-electron chi connectivity index (χ4n) is 3.53. The largest absolute Gasteiger partial charge is 0.298 e. The lowest BCUT2D eigenvalue weighted by Crippen LogP contribution is -2.32. The molecule has 3 heterocycles. The Hall–Kier alpha value is -1.45. The summed E-state index contributed by atoms with van der Waals surface area (Å²) in [4.78, 5) is 19.4. The van der Waals surface area contributed by atoms with Crippen molar-refractivity contribution in [3.05, 3.63) is 60.7 Å². The monoisotopic (exact) mass is 465 g/mol. The van der Waals surface area contributed by atoms with Gasteiger partial charge >= 0.3 is 0 Å². The van der Waals surface area contributed by atoms with E-state index in [2.05, 4.69) is 23.3 Å². The first-order valence-electron chi connectivity index (χ1n) is 9.28. The van der Waals surface area contributed by atoms with Gasteiger partial charge in [0.1, 0.15) is 5.02 Å². The maximum atomic E-state index is 11.1. The predicted molar refractivity (Wildman–Crippen MR) is 123 cm³/mol. The smallest absolute Gasteiger partial charge is 0.288 e. The second kappa shape index (κ2) is 9.14. The number of nitrogens with zero attached hydrogens (tertiary/aromatic N) is 3. The number of thioether (sulfide) groups is 1. The Labute approximate surface area is 186 Å². The van der Waals surface area contributed by atoms with Crippen LogP contribution in [0.5, 0.6) is 0 Å². The van der Waals surface area contributed by atoms with Crippen LogP contribution in [0.15, 0.2) is 39.9 Å². The lowest BCUT2D eigenvalue weighted by atomic mass is 9.97. The number of nitro groups is 1. The molecule has 0 radical (unpaired) electrons. The van der Waals surface area contributed by atoms with E-state index < -0.39 is 4.92 Å². The molecule has 1 saturated heterocycles. The molecule has 9 heteroatoms. The van der Waals surface area contributed by atoms with E-state index >= 15 is 0 Å². The van der Waals surface area contributed by atoms with Crippen LogP contribution in [0, 0.1) is 10.1 Å². The second-order valence-corrected chi connectivity index (χ2v) is 10.5. The molecule has 0 N–H and O–H groups in total. The lowest BCUT2D eigenvalue weighted by Gasteiger charge is -2.30. The lowest BCUT2D eigenvalue weighted by molar-refractivity contribution is -0.384. The molecule has 5 nitrogen and oxygen atoms in total.